The number of morpholine rings is 1. The Hall–Kier alpha value is -0.980. The molecule has 2 fully saturated rings. The first kappa shape index (κ1) is 15.9. The molecule has 1 aliphatic heterocycles. The molecule has 124 valence electrons. The summed E-state index contributed by atoms with van der Waals surface area (Å²) in [5.41, 5.74) is -0.115. The molecular formula is C16H27N3O3. The molecule has 1 saturated heterocycles. The van der Waals surface area contributed by atoms with E-state index in [-0.39, 0.29) is 17.3 Å². The van der Waals surface area contributed by atoms with Crippen LogP contribution < -0.4 is 0 Å². The lowest BCUT2D eigenvalue weighted by atomic mass is 9.94. The number of aromatic nitrogens is 2. The second kappa shape index (κ2) is 5.91. The van der Waals surface area contributed by atoms with E-state index in [1.54, 1.807) is 7.11 Å². The van der Waals surface area contributed by atoms with E-state index in [0.717, 1.165) is 25.9 Å². The number of nitrogens with zero attached hydrogens (tertiary/aromatic N) is 3. The molecule has 22 heavy (non-hydrogen) atoms. The quantitative estimate of drug-likeness (QED) is 0.852. The topological polar surface area (TPSA) is 60.6 Å². The van der Waals surface area contributed by atoms with Gasteiger partial charge in [0, 0.05) is 20.2 Å². The SMILES string of the molecule is COC(C)c1noc(CN2CC(C)(C)OC3(CCCC3)C2)n1. The van der Waals surface area contributed by atoms with Gasteiger partial charge in [0.2, 0.25) is 5.89 Å². The molecule has 0 bridgehead atoms. The first-order valence-electron chi connectivity index (χ1n) is 8.19. The summed E-state index contributed by atoms with van der Waals surface area (Å²) in [7, 11) is 1.65. The molecule has 6 nitrogen and oxygen atoms in total. The van der Waals surface area contributed by atoms with Crippen LogP contribution in [-0.4, -0.2) is 46.4 Å². The van der Waals surface area contributed by atoms with Crippen molar-refractivity contribution in [2.45, 2.75) is 70.3 Å². The van der Waals surface area contributed by atoms with E-state index >= 15 is 0 Å². The van der Waals surface area contributed by atoms with Crippen molar-refractivity contribution in [2.75, 3.05) is 20.2 Å². The standard InChI is InChI=1S/C16H27N3O3/c1-12(20-4)14-17-13(21-18-14)9-19-10-15(2,3)22-16(11-19)7-5-6-8-16/h12H,5-11H2,1-4H3. The van der Waals surface area contributed by atoms with Gasteiger partial charge >= 0.3 is 0 Å². The second-order valence-corrected chi connectivity index (χ2v) is 7.32. The smallest absolute Gasteiger partial charge is 0.240 e. The molecule has 0 N–H and O–H groups in total. The van der Waals surface area contributed by atoms with Gasteiger partial charge in [-0.05, 0) is 33.6 Å². The minimum Gasteiger partial charge on any atom is -0.374 e. The van der Waals surface area contributed by atoms with E-state index in [1.165, 1.54) is 12.8 Å². The molecule has 2 heterocycles. The maximum atomic E-state index is 6.42. The van der Waals surface area contributed by atoms with E-state index in [1.807, 2.05) is 6.92 Å². The summed E-state index contributed by atoms with van der Waals surface area (Å²) >= 11 is 0. The van der Waals surface area contributed by atoms with Crippen LogP contribution in [0.5, 0.6) is 0 Å². The van der Waals surface area contributed by atoms with Crippen LogP contribution in [0, 0.1) is 0 Å². The fourth-order valence-corrected chi connectivity index (χ4v) is 3.84. The lowest BCUT2D eigenvalue weighted by Crippen LogP contribution is -2.58. The molecule has 0 aromatic carbocycles. The van der Waals surface area contributed by atoms with Crippen molar-refractivity contribution < 1.29 is 14.0 Å². The Balaban J connectivity index is 1.70. The van der Waals surface area contributed by atoms with Crippen LogP contribution in [0.25, 0.3) is 0 Å². The normalized spacial score (nSPS) is 25.6. The Morgan fingerprint density at radius 3 is 2.68 bits per heavy atom. The number of rotatable bonds is 4. The van der Waals surface area contributed by atoms with E-state index in [2.05, 4.69) is 28.9 Å². The molecule has 1 aliphatic carbocycles. The predicted molar refractivity (Wildman–Crippen MR) is 81.4 cm³/mol. The predicted octanol–water partition coefficient (Wildman–Crippen LogP) is 2.70. The average Bonchev–Trinajstić information content (AvgIpc) is 3.06. The molecule has 1 unspecified atom stereocenters. The third-order valence-corrected chi connectivity index (χ3v) is 4.68. The Labute approximate surface area is 132 Å². The van der Waals surface area contributed by atoms with Gasteiger partial charge in [0.1, 0.15) is 6.10 Å². The van der Waals surface area contributed by atoms with Crippen molar-refractivity contribution in [3.8, 4) is 0 Å². The average molecular weight is 309 g/mol. The van der Waals surface area contributed by atoms with Crippen molar-refractivity contribution in [1.82, 2.24) is 15.0 Å². The van der Waals surface area contributed by atoms with E-state index < -0.39 is 0 Å². The summed E-state index contributed by atoms with van der Waals surface area (Å²) in [5, 5.41) is 4.01. The molecule has 1 atom stereocenters. The first-order valence-corrected chi connectivity index (χ1v) is 8.19. The largest absolute Gasteiger partial charge is 0.374 e. The van der Waals surface area contributed by atoms with Gasteiger partial charge in [0.05, 0.1) is 17.7 Å². The number of hydrogen-bond acceptors (Lipinski definition) is 6. The van der Waals surface area contributed by atoms with Crippen molar-refractivity contribution >= 4 is 0 Å². The van der Waals surface area contributed by atoms with Gasteiger partial charge in [-0.15, -0.1) is 0 Å². The van der Waals surface area contributed by atoms with Gasteiger partial charge in [-0.3, -0.25) is 4.90 Å². The summed E-state index contributed by atoms with van der Waals surface area (Å²) in [5.74, 6) is 1.27. The molecule has 1 aromatic rings. The maximum Gasteiger partial charge on any atom is 0.240 e. The van der Waals surface area contributed by atoms with Crippen molar-refractivity contribution in [2.24, 2.45) is 0 Å². The molecule has 2 aliphatic rings. The van der Waals surface area contributed by atoms with Crippen LogP contribution in [0.2, 0.25) is 0 Å². The van der Waals surface area contributed by atoms with Gasteiger partial charge in [0.25, 0.3) is 0 Å². The van der Waals surface area contributed by atoms with Gasteiger partial charge in [-0.25, -0.2) is 0 Å². The minimum atomic E-state index is -0.139. The van der Waals surface area contributed by atoms with Crippen LogP contribution in [-0.2, 0) is 16.0 Å². The Kier molecular flexibility index (Phi) is 4.27. The molecule has 1 saturated carbocycles. The summed E-state index contributed by atoms with van der Waals surface area (Å²) in [6.07, 6.45) is 4.70. The van der Waals surface area contributed by atoms with Crippen LogP contribution in [0.1, 0.15) is 64.3 Å². The van der Waals surface area contributed by atoms with Crippen LogP contribution >= 0.6 is 0 Å². The van der Waals surface area contributed by atoms with Crippen molar-refractivity contribution in [3.05, 3.63) is 11.7 Å². The van der Waals surface area contributed by atoms with Gasteiger partial charge < -0.3 is 14.0 Å². The number of hydrogen-bond donors (Lipinski definition) is 0. The van der Waals surface area contributed by atoms with Crippen LogP contribution in [0.15, 0.2) is 4.52 Å². The third kappa shape index (κ3) is 3.34. The maximum absolute atomic E-state index is 6.42. The van der Waals surface area contributed by atoms with Crippen LogP contribution in [0.3, 0.4) is 0 Å². The molecule has 0 amide bonds. The van der Waals surface area contributed by atoms with E-state index in [4.69, 9.17) is 14.0 Å². The molecule has 0 radical (unpaired) electrons. The summed E-state index contributed by atoms with van der Waals surface area (Å²) < 4.78 is 17.0. The highest BCUT2D eigenvalue weighted by Gasteiger charge is 2.45. The monoisotopic (exact) mass is 309 g/mol. The minimum absolute atomic E-state index is 0.0183. The van der Waals surface area contributed by atoms with Gasteiger partial charge in [-0.1, -0.05) is 18.0 Å². The highest BCUT2D eigenvalue weighted by atomic mass is 16.5. The van der Waals surface area contributed by atoms with Gasteiger partial charge in [0.15, 0.2) is 5.82 Å². The summed E-state index contributed by atoms with van der Waals surface area (Å²) in [4.78, 5) is 6.85. The highest BCUT2D eigenvalue weighted by molar-refractivity contribution is 4.99. The molecular weight excluding hydrogens is 282 g/mol. The highest BCUT2D eigenvalue weighted by Crippen LogP contribution is 2.40. The number of ether oxygens (including phenoxy) is 2. The Morgan fingerprint density at radius 2 is 2.00 bits per heavy atom. The zero-order chi connectivity index (χ0) is 15.8. The lowest BCUT2D eigenvalue weighted by Gasteiger charge is -2.48. The van der Waals surface area contributed by atoms with E-state index in [0.29, 0.717) is 18.3 Å². The molecule has 3 rings (SSSR count). The zero-order valence-corrected chi connectivity index (χ0v) is 14.1. The Bertz CT molecular complexity index is 508. The molecule has 6 heteroatoms. The Morgan fingerprint density at radius 1 is 1.27 bits per heavy atom. The third-order valence-electron chi connectivity index (χ3n) is 4.68. The molecule has 1 aromatic heterocycles. The number of methoxy groups -OCH3 is 1. The van der Waals surface area contributed by atoms with Crippen LogP contribution in [0.4, 0.5) is 0 Å². The summed E-state index contributed by atoms with van der Waals surface area (Å²) in [6.45, 7) is 8.77. The zero-order valence-electron chi connectivity index (χ0n) is 14.1. The fourth-order valence-electron chi connectivity index (χ4n) is 3.84. The molecule has 1 spiro atoms. The van der Waals surface area contributed by atoms with E-state index in [9.17, 15) is 0 Å². The van der Waals surface area contributed by atoms with Crippen molar-refractivity contribution in [1.29, 1.82) is 0 Å². The fraction of sp³-hybridized carbons (Fsp3) is 0.875. The lowest BCUT2D eigenvalue weighted by molar-refractivity contribution is -0.196. The van der Waals surface area contributed by atoms with Gasteiger partial charge in [-0.2, -0.15) is 4.98 Å². The summed E-state index contributed by atoms with van der Waals surface area (Å²) in [6, 6.07) is 0. The second-order valence-electron chi connectivity index (χ2n) is 7.32. The first-order chi connectivity index (χ1) is 10.4. The van der Waals surface area contributed by atoms with Crippen molar-refractivity contribution in [3.63, 3.8) is 0 Å².